The lowest BCUT2D eigenvalue weighted by Crippen LogP contribution is -2.09. The van der Waals surface area contributed by atoms with E-state index < -0.39 is 0 Å². The molecule has 0 saturated heterocycles. The summed E-state index contributed by atoms with van der Waals surface area (Å²) in [4.78, 5) is 2.36. The van der Waals surface area contributed by atoms with Crippen molar-refractivity contribution in [1.82, 2.24) is 0 Å². The molecule has 0 bridgehead atoms. The number of furan rings is 1. The van der Waals surface area contributed by atoms with Crippen LogP contribution in [0.2, 0.25) is 0 Å². The van der Waals surface area contributed by atoms with Gasteiger partial charge in [-0.3, -0.25) is 0 Å². The zero-order chi connectivity index (χ0) is 43.8. The minimum absolute atomic E-state index is 0.902. The summed E-state index contributed by atoms with van der Waals surface area (Å²) in [7, 11) is 0. The molecular weight excluding hydrogens is 799 g/mol. The Hall–Kier alpha value is -8.72. The maximum Gasteiger partial charge on any atom is 0.143 e. The number of benzene rings is 11. The zero-order valence-corrected chi connectivity index (χ0v) is 36.2. The lowest BCUT2D eigenvalue weighted by atomic mass is 9.84. The van der Waals surface area contributed by atoms with Gasteiger partial charge >= 0.3 is 0 Å². The van der Waals surface area contributed by atoms with E-state index in [0.29, 0.717) is 0 Å². The maximum absolute atomic E-state index is 6.45. The molecule has 12 rings (SSSR count). The van der Waals surface area contributed by atoms with Crippen molar-refractivity contribution in [3.63, 3.8) is 0 Å². The Morgan fingerprint density at radius 1 is 0.258 bits per heavy atom. The van der Waals surface area contributed by atoms with Crippen molar-refractivity contribution in [2.75, 3.05) is 4.90 Å². The monoisotopic (exact) mass is 841 g/mol. The van der Waals surface area contributed by atoms with Crippen molar-refractivity contribution in [2.24, 2.45) is 0 Å². The highest BCUT2D eigenvalue weighted by Crippen LogP contribution is 2.45. The topological polar surface area (TPSA) is 16.4 Å². The van der Waals surface area contributed by atoms with Crippen LogP contribution in [0.15, 0.2) is 265 Å². The van der Waals surface area contributed by atoms with Crippen molar-refractivity contribution in [3.05, 3.63) is 261 Å². The fourth-order valence-electron chi connectivity index (χ4n) is 9.70. The van der Waals surface area contributed by atoms with Gasteiger partial charge in [0.1, 0.15) is 11.2 Å². The SMILES string of the molecule is c1ccc(-c2ccc(N(c3ccc(-c4cccc5c4oc4ccccc45)cc3)c3ccc4cc(-c5cccc(-c6ccccc6)c5-c5ccccc5-c5ccccc5)ccc4c3)cc2)cc1. The van der Waals surface area contributed by atoms with Crippen LogP contribution < -0.4 is 4.90 Å². The number of hydrogen-bond acceptors (Lipinski definition) is 2. The van der Waals surface area contributed by atoms with Gasteiger partial charge in [-0.25, -0.2) is 0 Å². The first-order valence-corrected chi connectivity index (χ1v) is 22.6. The van der Waals surface area contributed by atoms with Crippen LogP contribution in [-0.2, 0) is 0 Å². The molecule has 12 aromatic rings. The molecule has 0 radical (unpaired) electrons. The van der Waals surface area contributed by atoms with Gasteiger partial charge in [0.2, 0.25) is 0 Å². The van der Waals surface area contributed by atoms with E-state index in [-0.39, 0.29) is 0 Å². The highest BCUT2D eigenvalue weighted by Gasteiger charge is 2.20. The lowest BCUT2D eigenvalue weighted by molar-refractivity contribution is 0.670. The van der Waals surface area contributed by atoms with Crippen LogP contribution in [0.1, 0.15) is 0 Å². The zero-order valence-electron chi connectivity index (χ0n) is 36.2. The fourth-order valence-corrected chi connectivity index (χ4v) is 9.70. The molecule has 2 heteroatoms. The lowest BCUT2D eigenvalue weighted by Gasteiger charge is -2.26. The summed E-state index contributed by atoms with van der Waals surface area (Å²) >= 11 is 0. The second kappa shape index (κ2) is 16.8. The number of para-hydroxylation sites is 2. The molecule has 0 spiro atoms. The summed E-state index contributed by atoms with van der Waals surface area (Å²) in [5.41, 5.74) is 19.2. The van der Waals surface area contributed by atoms with Crippen LogP contribution in [0.4, 0.5) is 17.1 Å². The summed E-state index contributed by atoms with van der Waals surface area (Å²) in [6.07, 6.45) is 0. The first-order valence-electron chi connectivity index (χ1n) is 22.6. The Labute approximate surface area is 384 Å². The number of rotatable bonds is 9. The minimum atomic E-state index is 0.902. The minimum Gasteiger partial charge on any atom is -0.455 e. The fraction of sp³-hybridized carbons (Fsp3) is 0. The quantitative estimate of drug-likeness (QED) is 0.144. The van der Waals surface area contributed by atoms with Crippen LogP contribution in [0, 0.1) is 0 Å². The second-order valence-electron chi connectivity index (χ2n) is 16.8. The summed E-state index contributed by atoms with van der Waals surface area (Å²) in [5, 5.41) is 4.61. The molecule has 0 N–H and O–H groups in total. The summed E-state index contributed by atoms with van der Waals surface area (Å²) in [6.45, 7) is 0. The van der Waals surface area contributed by atoms with Crippen molar-refractivity contribution in [1.29, 1.82) is 0 Å². The van der Waals surface area contributed by atoms with E-state index >= 15 is 0 Å². The third-order valence-electron chi connectivity index (χ3n) is 12.9. The molecule has 66 heavy (non-hydrogen) atoms. The highest BCUT2D eigenvalue weighted by molar-refractivity contribution is 6.09. The van der Waals surface area contributed by atoms with Gasteiger partial charge in [0.05, 0.1) is 0 Å². The largest absolute Gasteiger partial charge is 0.455 e. The molecule has 0 saturated carbocycles. The Bertz CT molecular complexity index is 3670. The van der Waals surface area contributed by atoms with Gasteiger partial charge in [-0.15, -0.1) is 0 Å². The average Bonchev–Trinajstić information content (AvgIpc) is 3.79. The molecule has 0 fully saturated rings. The van der Waals surface area contributed by atoms with Crippen LogP contribution in [0.3, 0.4) is 0 Å². The van der Waals surface area contributed by atoms with Gasteiger partial charge < -0.3 is 9.32 Å². The first kappa shape index (κ1) is 38.9. The Morgan fingerprint density at radius 2 is 0.697 bits per heavy atom. The van der Waals surface area contributed by atoms with Crippen molar-refractivity contribution < 1.29 is 4.42 Å². The maximum atomic E-state index is 6.45. The van der Waals surface area contributed by atoms with Crippen LogP contribution in [0.5, 0.6) is 0 Å². The van der Waals surface area contributed by atoms with Gasteiger partial charge in [-0.05, 0) is 121 Å². The predicted octanol–water partition coefficient (Wildman–Crippen LogP) is 18.2. The van der Waals surface area contributed by atoms with E-state index in [1.165, 1.54) is 66.4 Å². The van der Waals surface area contributed by atoms with Crippen molar-refractivity contribution >= 4 is 49.8 Å². The molecule has 0 atom stereocenters. The first-order chi connectivity index (χ1) is 32.7. The van der Waals surface area contributed by atoms with E-state index in [1.807, 2.05) is 12.1 Å². The molecular formula is C64H43NO. The summed E-state index contributed by atoms with van der Waals surface area (Å²) in [5.74, 6) is 0. The normalized spacial score (nSPS) is 11.3. The number of nitrogens with zero attached hydrogens (tertiary/aromatic N) is 1. The van der Waals surface area contributed by atoms with E-state index in [1.54, 1.807) is 0 Å². The van der Waals surface area contributed by atoms with Gasteiger partial charge in [0.25, 0.3) is 0 Å². The molecule has 0 unspecified atom stereocenters. The molecule has 310 valence electrons. The van der Waals surface area contributed by atoms with E-state index in [9.17, 15) is 0 Å². The number of fused-ring (bicyclic) bond motifs is 4. The smallest absolute Gasteiger partial charge is 0.143 e. The Kier molecular flexibility index (Phi) is 9.89. The van der Waals surface area contributed by atoms with E-state index in [2.05, 4.69) is 254 Å². The molecule has 0 aliphatic carbocycles. The van der Waals surface area contributed by atoms with Crippen LogP contribution >= 0.6 is 0 Å². The number of anilines is 3. The summed E-state index contributed by atoms with van der Waals surface area (Å²) in [6, 6.07) is 93.9. The van der Waals surface area contributed by atoms with Crippen LogP contribution in [0.25, 0.3) is 99.5 Å². The van der Waals surface area contributed by atoms with Gasteiger partial charge in [-0.2, -0.15) is 0 Å². The van der Waals surface area contributed by atoms with Crippen molar-refractivity contribution in [3.8, 4) is 66.8 Å². The summed E-state index contributed by atoms with van der Waals surface area (Å²) < 4.78 is 6.45. The molecule has 0 aliphatic heterocycles. The van der Waals surface area contributed by atoms with Crippen LogP contribution in [-0.4, -0.2) is 0 Å². The van der Waals surface area contributed by atoms with E-state index in [4.69, 9.17) is 4.42 Å². The molecule has 1 heterocycles. The van der Waals surface area contributed by atoms with Gasteiger partial charge in [-0.1, -0.05) is 212 Å². The van der Waals surface area contributed by atoms with E-state index in [0.717, 1.165) is 50.1 Å². The molecule has 0 amide bonds. The standard InChI is InChI=1S/C64H43NO/c1-4-16-44(17-5-1)45-32-37-52(38-33-45)65(53-39-34-48(35-40-53)58-27-15-28-61-59-23-12-13-29-62(59)66-64(58)61)54-41-36-49-42-51(31-30-50(49)43-54)57-26-14-25-56(47-20-8-3-9-21-47)63(57)60-24-11-10-22-55(60)46-18-6-2-7-19-46/h1-43H. The molecule has 0 aliphatic rings. The second-order valence-corrected chi connectivity index (χ2v) is 16.8. The highest BCUT2D eigenvalue weighted by atomic mass is 16.3. The van der Waals surface area contributed by atoms with Gasteiger partial charge in [0, 0.05) is 33.4 Å². The molecule has 11 aromatic carbocycles. The average molecular weight is 842 g/mol. The third kappa shape index (κ3) is 7.12. The van der Waals surface area contributed by atoms with Gasteiger partial charge in [0.15, 0.2) is 0 Å². The Balaban J connectivity index is 0.963. The third-order valence-corrected chi connectivity index (χ3v) is 12.9. The Morgan fingerprint density at radius 3 is 1.41 bits per heavy atom. The van der Waals surface area contributed by atoms with Crippen molar-refractivity contribution in [2.45, 2.75) is 0 Å². The predicted molar refractivity (Wildman–Crippen MR) is 279 cm³/mol. The number of hydrogen-bond donors (Lipinski definition) is 0. The molecule has 2 nitrogen and oxygen atoms in total. The molecule has 1 aromatic heterocycles.